The van der Waals surface area contributed by atoms with Crippen molar-refractivity contribution >= 4 is 0 Å². The molecule has 0 saturated carbocycles. The molecule has 0 spiro atoms. The first kappa shape index (κ1) is 24.2. The van der Waals surface area contributed by atoms with Gasteiger partial charge in [0.05, 0.1) is 36.9 Å². The molecule has 1 N–H and O–H groups in total. The lowest BCUT2D eigenvalue weighted by Gasteiger charge is -2.40. The molecule has 1 aliphatic heterocycles. The molecule has 1 saturated heterocycles. The number of H-pyrrole nitrogens is 1. The van der Waals surface area contributed by atoms with Crippen LogP contribution in [0.5, 0.6) is 0 Å². The van der Waals surface area contributed by atoms with Crippen LogP contribution in [0.2, 0.25) is 0 Å². The van der Waals surface area contributed by atoms with Crippen LogP contribution in [0.25, 0.3) is 0 Å². The van der Waals surface area contributed by atoms with Crippen molar-refractivity contribution in [2.24, 2.45) is 0 Å². The van der Waals surface area contributed by atoms with Crippen molar-refractivity contribution in [1.29, 1.82) is 0 Å². The van der Waals surface area contributed by atoms with E-state index in [-0.39, 0.29) is 18.2 Å². The number of nitrogens with zero attached hydrogens (tertiary/aromatic N) is 2. The van der Waals surface area contributed by atoms with Crippen LogP contribution in [0.3, 0.4) is 0 Å². The number of aromatic nitrogens is 2. The Morgan fingerprint density at radius 3 is 2.26 bits per heavy atom. The lowest BCUT2D eigenvalue weighted by molar-refractivity contribution is -0.218. The van der Waals surface area contributed by atoms with Gasteiger partial charge >= 0.3 is 12.4 Å². The first-order valence-corrected chi connectivity index (χ1v) is 10.4. The molecule has 5 nitrogen and oxygen atoms in total. The van der Waals surface area contributed by atoms with Crippen molar-refractivity contribution in [1.82, 2.24) is 14.9 Å². The number of alkyl halides is 6. The van der Waals surface area contributed by atoms with Crippen molar-refractivity contribution in [2.45, 2.75) is 37.8 Å². The van der Waals surface area contributed by atoms with E-state index in [1.54, 1.807) is 12.4 Å². The van der Waals surface area contributed by atoms with Gasteiger partial charge < -0.3 is 14.5 Å². The van der Waals surface area contributed by atoms with Crippen molar-refractivity contribution in [2.75, 3.05) is 13.2 Å². The molecule has 3 aromatic rings. The Hall–Kier alpha value is -2.89. The number of benzene rings is 2. The van der Waals surface area contributed by atoms with Crippen LogP contribution in [0.4, 0.5) is 26.3 Å². The molecule has 2 unspecified atom stereocenters. The summed E-state index contributed by atoms with van der Waals surface area (Å²) in [4.78, 5) is 9.29. The monoisotopic (exact) mass is 485 g/mol. The average molecular weight is 485 g/mol. The molecule has 4 rings (SSSR count). The van der Waals surface area contributed by atoms with Gasteiger partial charge in [-0.1, -0.05) is 30.3 Å². The highest BCUT2D eigenvalue weighted by Gasteiger charge is 2.38. The van der Waals surface area contributed by atoms with Gasteiger partial charge in [0.25, 0.3) is 0 Å². The molecule has 1 fully saturated rings. The first-order valence-electron chi connectivity index (χ1n) is 10.4. The molecule has 2 atom stereocenters. The first-order chi connectivity index (χ1) is 16.1. The summed E-state index contributed by atoms with van der Waals surface area (Å²) in [5.41, 5.74) is -2.19. The van der Waals surface area contributed by atoms with Gasteiger partial charge in [0, 0.05) is 18.9 Å². The van der Waals surface area contributed by atoms with Crippen LogP contribution in [-0.2, 0) is 35.0 Å². The predicted octanol–water partition coefficient (Wildman–Crippen LogP) is 5.56. The summed E-state index contributed by atoms with van der Waals surface area (Å²) in [6, 6.07) is 10.2. The normalized spacial score (nSPS) is 19.9. The maximum Gasteiger partial charge on any atom is 0.416 e. The third-order valence-electron chi connectivity index (χ3n) is 5.42. The molecule has 11 heteroatoms. The Morgan fingerprint density at radius 2 is 1.68 bits per heavy atom. The van der Waals surface area contributed by atoms with Crippen LogP contribution in [0.15, 0.2) is 60.9 Å². The van der Waals surface area contributed by atoms with E-state index < -0.39 is 42.4 Å². The summed E-state index contributed by atoms with van der Waals surface area (Å²) < 4.78 is 90.7. The van der Waals surface area contributed by atoms with Crippen molar-refractivity contribution in [3.05, 3.63) is 89.0 Å². The number of imidazole rings is 1. The van der Waals surface area contributed by atoms with Gasteiger partial charge in [0.1, 0.15) is 5.82 Å². The number of ether oxygens (including phenoxy) is 2. The minimum Gasteiger partial charge on any atom is -0.349 e. The Bertz CT molecular complexity index is 1040. The zero-order valence-electron chi connectivity index (χ0n) is 17.7. The molecule has 182 valence electrons. The molecule has 2 aromatic carbocycles. The standard InChI is InChI=1S/C23H21F6N3O2/c24-22(25,26)17-10-15(11-18(12-17)23(27,28)29)14-34-21-20(16-4-2-1-3-5-16)32(8-9-33-21)13-19-30-6-7-31-19/h1-7,10-12,20-21H,8-9,13-14H2,(H,30,31). The summed E-state index contributed by atoms with van der Waals surface area (Å²) in [6.45, 7) is 0.736. The lowest BCUT2D eigenvalue weighted by Crippen LogP contribution is -2.46. The SMILES string of the molecule is FC(F)(F)c1cc(COC2OCCN(Cc3ncc[nH]3)C2c2ccccc2)cc(C(F)(F)F)c1. The van der Waals surface area contributed by atoms with Crippen LogP contribution in [-0.4, -0.2) is 34.3 Å². The fourth-order valence-electron chi connectivity index (χ4n) is 3.88. The molecular weight excluding hydrogens is 464 g/mol. The highest BCUT2D eigenvalue weighted by Crippen LogP contribution is 2.37. The smallest absolute Gasteiger partial charge is 0.349 e. The number of nitrogens with one attached hydrogen (secondary N) is 1. The molecule has 0 radical (unpaired) electrons. The van der Waals surface area contributed by atoms with Gasteiger partial charge in [-0.25, -0.2) is 4.98 Å². The maximum atomic E-state index is 13.2. The van der Waals surface area contributed by atoms with E-state index in [4.69, 9.17) is 9.47 Å². The van der Waals surface area contributed by atoms with E-state index in [1.165, 1.54) is 0 Å². The third-order valence-corrected chi connectivity index (χ3v) is 5.42. The van der Waals surface area contributed by atoms with Crippen molar-refractivity contribution in [3.63, 3.8) is 0 Å². The highest BCUT2D eigenvalue weighted by atomic mass is 19.4. The number of hydrogen-bond acceptors (Lipinski definition) is 4. The van der Waals surface area contributed by atoms with E-state index >= 15 is 0 Å². The second-order valence-corrected chi connectivity index (χ2v) is 7.83. The summed E-state index contributed by atoms with van der Waals surface area (Å²) in [7, 11) is 0. The van der Waals surface area contributed by atoms with Crippen LogP contribution in [0, 0.1) is 0 Å². The summed E-state index contributed by atoms with van der Waals surface area (Å²) in [5.74, 6) is 0.703. The third kappa shape index (κ3) is 5.78. The minimum absolute atomic E-state index is 0.0957. The summed E-state index contributed by atoms with van der Waals surface area (Å²) in [5, 5.41) is 0. The largest absolute Gasteiger partial charge is 0.416 e. The molecule has 1 aliphatic rings. The fraction of sp³-hybridized carbons (Fsp3) is 0.348. The number of hydrogen-bond donors (Lipinski definition) is 1. The van der Waals surface area contributed by atoms with E-state index in [9.17, 15) is 26.3 Å². The number of aromatic amines is 1. The molecule has 0 aliphatic carbocycles. The fourth-order valence-corrected chi connectivity index (χ4v) is 3.88. The van der Waals surface area contributed by atoms with E-state index in [1.807, 2.05) is 35.2 Å². The van der Waals surface area contributed by atoms with E-state index in [0.717, 1.165) is 5.56 Å². The van der Waals surface area contributed by atoms with Crippen molar-refractivity contribution < 1.29 is 35.8 Å². The van der Waals surface area contributed by atoms with Crippen LogP contribution < -0.4 is 0 Å². The topological polar surface area (TPSA) is 50.4 Å². The van der Waals surface area contributed by atoms with Gasteiger partial charge in [0.2, 0.25) is 0 Å². The molecule has 0 bridgehead atoms. The summed E-state index contributed by atoms with van der Waals surface area (Å²) >= 11 is 0. The quantitative estimate of drug-likeness (QED) is 0.465. The molecule has 0 amide bonds. The minimum atomic E-state index is -4.93. The number of morpholine rings is 1. The zero-order chi connectivity index (χ0) is 24.3. The van der Waals surface area contributed by atoms with E-state index in [0.29, 0.717) is 31.0 Å². The second kappa shape index (κ2) is 9.77. The van der Waals surface area contributed by atoms with Gasteiger partial charge in [-0.05, 0) is 29.3 Å². The van der Waals surface area contributed by atoms with Gasteiger partial charge in [-0.15, -0.1) is 0 Å². The summed E-state index contributed by atoms with van der Waals surface area (Å²) in [6.07, 6.45) is -7.47. The lowest BCUT2D eigenvalue weighted by atomic mass is 10.0. The van der Waals surface area contributed by atoms with Gasteiger partial charge in [0.15, 0.2) is 6.29 Å². The second-order valence-electron chi connectivity index (χ2n) is 7.83. The molecule has 2 heterocycles. The Balaban J connectivity index is 1.59. The molecule has 1 aromatic heterocycles. The Labute approximate surface area is 191 Å². The highest BCUT2D eigenvalue weighted by molar-refractivity contribution is 5.33. The van der Waals surface area contributed by atoms with Gasteiger partial charge in [-0.2, -0.15) is 26.3 Å². The Kier molecular flexibility index (Phi) is 6.96. The number of halogens is 6. The Morgan fingerprint density at radius 1 is 1.00 bits per heavy atom. The average Bonchev–Trinajstić information content (AvgIpc) is 3.30. The van der Waals surface area contributed by atoms with Crippen LogP contribution in [0.1, 0.15) is 34.1 Å². The number of rotatable bonds is 6. The van der Waals surface area contributed by atoms with Crippen molar-refractivity contribution in [3.8, 4) is 0 Å². The van der Waals surface area contributed by atoms with E-state index in [2.05, 4.69) is 9.97 Å². The zero-order valence-corrected chi connectivity index (χ0v) is 17.7. The molecule has 34 heavy (non-hydrogen) atoms. The molecular formula is C23H21F6N3O2. The predicted molar refractivity (Wildman–Crippen MR) is 109 cm³/mol. The maximum absolute atomic E-state index is 13.2. The van der Waals surface area contributed by atoms with Gasteiger partial charge in [-0.3, -0.25) is 4.90 Å². The van der Waals surface area contributed by atoms with Crippen LogP contribution >= 0.6 is 0 Å².